The fraction of sp³-hybridized carbons (Fsp3) is 0.300. The van der Waals surface area contributed by atoms with Gasteiger partial charge in [-0.25, -0.2) is 4.79 Å². The topological polar surface area (TPSA) is 75.6 Å². The summed E-state index contributed by atoms with van der Waals surface area (Å²) in [6.07, 6.45) is -0.993. The highest BCUT2D eigenvalue weighted by Crippen LogP contribution is 2.24. The molecule has 2 N–H and O–H groups in total. The molecule has 0 fully saturated rings. The lowest BCUT2D eigenvalue weighted by atomic mass is 10.0. The molecule has 0 aliphatic heterocycles. The Bertz CT molecular complexity index is 783. The molecule has 2 aromatic carbocycles. The van der Waals surface area contributed by atoms with E-state index in [0.29, 0.717) is 5.69 Å². The van der Waals surface area contributed by atoms with Crippen LogP contribution >= 0.6 is 0 Å². The Balaban J connectivity index is 2.08. The van der Waals surface area contributed by atoms with Crippen molar-refractivity contribution in [3.05, 3.63) is 59.2 Å². The van der Waals surface area contributed by atoms with Gasteiger partial charge in [-0.3, -0.25) is 4.79 Å². The van der Waals surface area contributed by atoms with E-state index in [0.717, 1.165) is 11.1 Å². The zero-order valence-corrected chi connectivity index (χ0v) is 14.9. The number of carbonyl (C=O) groups excluding carboxylic acids is 2. The fourth-order valence-corrected chi connectivity index (χ4v) is 2.44. The number of aromatic hydroxyl groups is 1. The van der Waals surface area contributed by atoms with Crippen molar-refractivity contribution in [1.82, 2.24) is 0 Å². The van der Waals surface area contributed by atoms with Crippen LogP contribution in [0, 0.1) is 6.92 Å². The number of benzene rings is 2. The van der Waals surface area contributed by atoms with Crippen molar-refractivity contribution in [3.8, 4) is 5.75 Å². The molecule has 0 heterocycles. The van der Waals surface area contributed by atoms with Crippen LogP contribution in [0.2, 0.25) is 0 Å². The average Bonchev–Trinajstić information content (AvgIpc) is 2.57. The van der Waals surface area contributed by atoms with Crippen LogP contribution in [0.25, 0.3) is 0 Å². The molecule has 132 valence electrons. The first-order valence-electron chi connectivity index (χ1n) is 8.20. The van der Waals surface area contributed by atoms with Gasteiger partial charge < -0.3 is 15.2 Å². The molecule has 0 saturated heterocycles. The number of carbonyl (C=O) groups is 2. The first-order valence-corrected chi connectivity index (χ1v) is 8.20. The van der Waals surface area contributed by atoms with Crippen LogP contribution in [0.15, 0.2) is 42.5 Å². The van der Waals surface area contributed by atoms with Gasteiger partial charge in [-0.2, -0.15) is 0 Å². The van der Waals surface area contributed by atoms with Gasteiger partial charge in [-0.1, -0.05) is 43.7 Å². The molecule has 0 radical (unpaired) electrons. The largest absolute Gasteiger partial charge is 0.507 e. The third-order valence-corrected chi connectivity index (χ3v) is 3.87. The van der Waals surface area contributed by atoms with Crippen molar-refractivity contribution in [2.45, 2.75) is 39.7 Å². The van der Waals surface area contributed by atoms with Gasteiger partial charge in [0.05, 0.1) is 0 Å². The number of aryl methyl sites for hydroxylation is 1. The number of hydrogen-bond donors (Lipinski definition) is 2. The summed E-state index contributed by atoms with van der Waals surface area (Å²) in [7, 11) is 0. The van der Waals surface area contributed by atoms with Gasteiger partial charge in [0.1, 0.15) is 11.3 Å². The minimum atomic E-state index is -0.993. The van der Waals surface area contributed by atoms with Crippen LogP contribution in [0.3, 0.4) is 0 Å². The average molecular weight is 341 g/mol. The zero-order valence-electron chi connectivity index (χ0n) is 14.9. The number of phenolic OH excluding ortho intramolecular Hbond substituents is 1. The maximum absolute atomic E-state index is 12.4. The number of nitrogens with one attached hydrogen (secondary N) is 1. The molecule has 0 aliphatic carbocycles. The second-order valence-corrected chi connectivity index (χ2v) is 6.30. The first kappa shape index (κ1) is 18.5. The highest BCUT2D eigenvalue weighted by atomic mass is 16.5. The predicted octanol–water partition coefficient (Wildman–Crippen LogP) is 4.01. The highest BCUT2D eigenvalue weighted by Gasteiger charge is 2.22. The Morgan fingerprint density at radius 1 is 1.08 bits per heavy atom. The standard InChI is InChI=1S/C20H23NO4/c1-12(2)15-7-5-6-8-17(15)21-19(23)14(4)25-20(24)16-11-13(3)9-10-18(16)22/h5-12,14,22H,1-4H3,(H,21,23)/t14-/m0/s1. The van der Waals surface area contributed by atoms with E-state index in [9.17, 15) is 14.7 Å². The molecular formula is C20H23NO4. The van der Waals surface area contributed by atoms with Gasteiger partial charge in [0.2, 0.25) is 0 Å². The van der Waals surface area contributed by atoms with Crippen molar-refractivity contribution < 1.29 is 19.4 Å². The van der Waals surface area contributed by atoms with Gasteiger partial charge in [0.15, 0.2) is 6.10 Å². The van der Waals surface area contributed by atoms with E-state index >= 15 is 0 Å². The molecule has 0 aliphatic rings. The SMILES string of the molecule is Cc1ccc(O)c(C(=O)O[C@@H](C)C(=O)Nc2ccccc2C(C)C)c1. The van der Waals surface area contributed by atoms with Crippen molar-refractivity contribution >= 4 is 17.6 Å². The van der Waals surface area contributed by atoms with Crippen LogP contribution in [0.1, 0.15) is 48.2 Å². The molecule has 2 aromatic rings. The number of para-hydroxylation sites is 1. The van der Waals surface area contributed by atoms with Crippen molar-refractivity contribution in [3.63, 3.8) is 0 Å². The number of rotatable bonds is 5. The molecule has 0 unspecified atom stereocenters. The van der Waals surface area contributed by atoms with E-state index in [2.05, 4.69) is 5.32 Å². The second kappa shape index (κ2) is 7.83. The van der Waals surface area contributed by atoms with Gasteiger partial charge >= 0.3 is 5.97 Å². The van der Waals surface area contributed by atoms with Gasteiger partial charge in [-0.05, 0) is 43.5 Å². The summed E-state index contributed by atoms with van der Waals surface area (Å²) in [5.41, 5.74) is 2.56. The summed E-state index contributed by atoms with van der Waals surface area (Å²) >= 11 is 0. The smallest absolute Gasteiger partial charge is 0.342 e. The van der Waals surface area contributed by atoms with Crippen molar-refractivity contribution in [1.29, 1.82) is 0 Å². The summed E-state index contributed by atoms with van der Waals surface area (Å²) in [6.45, 7) is 7.37. The molecule has 2 rings (SSSR count). The molecule has 0 bridgehead atoms. The molecule has 25 heavy (non-hydrogen) atoms. The third-order valence-electron chi connectivity index (χ3n) is 3.87. The molecule has 1 amide bonds. The molecule has 1 atom stereocenters. The van der Waals surface area contributed by atoms with E-state index in [1.165, 1.54) is 19.1 Å². The molecule has 0 saturated carbocycles. The summed E-state index contributed by atoms with van der Waals surface area (Å²) < 4.78 is 5.20. The molecule has 5 nitrogen and oxygen atoms in total. The third kappa shape index (κ3) is 4.59. The maximum atomic E-state index is 12.4. The fourth-order valence-electron chi connectivity index (χ4n) is 2.44. The van der Waals surface area contributed by atoms with Crippen molar-refractivity contribution in [2.24, 2.45) is 0 Å². The Labute approximate surface area is 147 Å². The number of amides is 1. The lowest BCUT2D eigenvalue weighted by Crippen LogP contribution is -2.30. The van der Waals surface area contributed by atoms with E-state index in [4.69, 9.17) is 4.74 Å². The lowest BCUT2D eigenvalue weighted by Gasteiger charge is -2.17. The summed E-state index contributed by atoms with van der Waals surface area (Å²) in [6, 6.07) is 12.1. The monoisotopic (exact) mass is 341 g/mol. The van der Waals surface area contributed by atoms with Crippen LogP contribution in [-0.4, -0.2) is 23.1 Å². The normalized spacial score (nSPS) is 11.9. The van der Waals surface area contributed by atoms with Crippen molar-refractivity contribution in [2.75, 3.05) is 5.32 Å². The number of anilines is 1. The molecule has 5 heteroatoms. The van der Waals surface area contributed by atoms with Gasteiger partial charge in [-0.15, -0.1) is 0 Å². The Hall–Kier alpha value is -2.82. The maximum Gasteiger partial charge on any atom is 0.342 e. The minimum Gasteiger partial charge on any atom is -0.507 e. The van der Waals surface area contributed by atoms with Crippen LogP contribution < -0.4 is 5.32 Å². The predicted molar refractivity (Wildman–Crippen MR) is 96.9 cm³/mol. The van der Waals surface area contributed by atoms with Crippen LogP contribution in [-0.2, 0) is 9.53 Å². The number of phenols is 1. The van der Waals surface area contributed by atoms with Crippen LogP contribution in [0.5, 0.6) is 5.75 Å². The molecule has 0 aromatic heterocycles. The molecular weight excluding hydrogens is 318 g/mol. The number of ether oxygens (including phenoxy) is 1. The minimum absolute atomic E-state index is 0.0437. The zero-order chi connectivity index (χ0) is 18.6. The Morgan fingerprint density at radius 2 is 1.76 bits per heavy atom. The lowest BCUT2D eigenvalue weighted by molar-refractivity contribution is -0.123. The number of hydrogen-bond acceptors (Lipinski definition) is 4. The summed E-state index contributed by atoms with van der Waals surface area (Å²) in [4.78, 5) is 24.6. The van der Waals surface area contributed by atoms with E-state index < -0.39 is 18.0 Å². The molecule has 0 spiro atoms. The quantitative estimate of drug-likeness (QED) is 0.806. The van der Waals surface area contributed by atoms with Gasteiger partial charge in [0.25, 0.3) is 5.91 Å². The Morgan fingerprint density at radius 3 is 2.44 bits per heavy atom. The number of esters is 1. The summed E-state index contributed by atoms with van der Waals surface area (Å²) in [5.74, 6) is -1.08. The van der Waals surface area contributed by atoms with E-state index in [1.54, 1.807) is 13.0 Å². The van der Waals surface area contributed by atoms with Crippen LogP contribution in [0.4, 0.5) is 5.69 Å². The summed E-state index contributed by atoms with van der Waals surface area (Å²) in [5, 5.41) is 12.6. The van der Waals surface area contributed by atoms with E-state index in [-0.39, 0.29) is 17.2 Å². The Kier molecular flexibility index (Phi) is 5.80. The second-order valence-electron chi connectivity index (χ2n) is 6.30. The van der Waals surface area contributed by atoms with E-state index in [1.807, 2.05) is 38.1 Å². The highest BCUT2D eigenvalue weighted by molar-refractivity contribution is 5.98. The first-order chi connectivity index (χ1) is 11.8. The van der Waals surface area contributed by atoms with Gasteiger partial charge in [0, 0.05) is 5.69 Å².